The molecule has 2 aromatic rings. The molecule has 0 bridgehead atoms. The lowest BCUT2D eigenvalue weighted by Crippen LogP contribution is -2.53. The molecule has 0 heterocycles. The van der Waals surface area contributed by atoms with Gasteiger partial charge < -0.3 is 9.84 Å². The largest absolute Gasteiger partial charge is 0.457 e. The molecule has 0 spiro atoms. The Hall–Kier alpha value is -2.80. The highest BCUT2D eigenvalue weighted by Gasteiger charge is 2.82. The van der Waals surface area contributed by atoms with Crippen molar-refractivity contribution in [3.8, 4) is 17.6 Å². The van der Waals surface area contributed by atoms with Gasteiger partial charge in [0.2, 0.25) is 0 Å². The molecule has 2 aliphatic rings. The number of benzene rings is 2. The maximum Gasteiger partial charge on any atom is 0.349 e. The third-order valence-electron chi connectivity index (χ3n) is 4.96. The number of hydrogen-bond donors (Lipinski definition) is 1. The summed E-state index contributed by atoms with van der Waals surface area (Å²) >= 11 is 0. The Bertz CT molecular complexity index is 1050. The predicted molar refractivity (Wildman–Crippen MR) is 79.1 cm³/mol. The van der Waals surface area contributed by atoms with Gasteiger partial charge in [0.1, 0.15) is 17.3 Å². The molecular formula is C18H8F7NO2. The summed E-state index contributed by atoms with van der Waals surface area (Å²) < 4.78 is 104. The molecule has 0 radical (unpaired) electrons. The second-order valence-corrected chi connectivity index (χ2v) is 6.51. The van der Waals surface area contributed by atoms with E-state index in [4.69, 9.17) is 10.00 Å². The van der Waals surface area contributed by atoms with Crippen molar-refractivity contribution in [1.29, 1.82) is 5.26 Å². The highest BCUT2D eigenvalue weighted by Crippen LogP contribution is 2.69. The van der Waals surface area contributed by atoms with Gasteiger partial charge in [-0.1, -0.05) is 0 Å². The maximum absolute atomic E-state index is 14.5. The van der Waals surface area contributed by atoms with Crippen LogP contribution in [-0.4, -0.2) is 17.2 Å². The van der Waals surface area contributed by atoms with Gasteiger partial charge in [0, 0.05) is 22.8 Å². The molecule has 28 heavy (non-hydrogen) atoms. The minimum Gasteiger partial charge on any atom is -0.457 e. The summed E-state index contributed by atoms with van der Waals surface area (Å²) in [5.41, 5.74) is -7.98. The Labute approximate surface area is 152 Å². The van der Waals surface area contributed by atoms with E-state index in [-0.39, 0.29) is 11.3 Å². The molecular weight excluding hydrogens is 395 g/mol. The zero-order valence-corrected chi connectivity index (χ0v) is 13.5. The summed E-state index contributed by atoms with van der Waals surface area (Å²) in [7, 11) is 0. The number of hydrogen-bond acceptors (Lipinski definition) is 3. The lowest BCUT2D eigenvalue weighted by Gasteiger charge is -2.32. The summed E-state index contributed by atoms with van der Waals surface area (Å²) in [5.74, 6) is -12.2. The molecule has 0 aromatic heterocycles. The normalized spacial score (nSPS) is 28.7. The Kier molecular flexibility index (Phi) is 3.57. The van der Waals surface area contributed by atoms with Crippen molar-refractivity contribution in [2.24, 2.45) is 0 Å². The summed E-state index contributed by atoms with van der Waals surface area (Å²) in [6, 6.07) is 5.43. The smallest absolute Gasteiger partial charge is 0.349 e. The molecule has 0 saturated heterocycles. The zero-order chi connectivity index (χ0) is 20.6. The molecule has 0 fully saturated rings. The molecule has 1 unspecified atom stereocenters. The van der Waals surface area contributed by atoms with Crippen LogP contribution in [-0.2, 0) is 11.5 Å². The minimum atomic E-state index is -5.30. The van der Waals surface area contributed by atoms with Crippen molar-refractivity contribution in [3.05, 3.63) is 58.4 Å². The average molecular weight is 403 g/mol. The molecule has 0 saturated carbocycles. The van der Waals surface area contributed by atoms with Gasteiger partial charge in [0.25, 0.3) is 0 Å². The standard InChI is InChI=1S/C18H8F7NO2/c19-8-3-7(6-26)4-9(5-8)28-11-2-1-10-13-12(11)14(20)15(21)16(13,27)18(24,25)17(10,22)23/h1-5,14-15,27H/t14?,15-,16+/m1/s1. The first-order valence-corrected chi connectivity index (χ1v) is 7.79. The van der Waals surface area contributed by atoms with E-state index in [0.29, 0.717) is 12.1 Å². The van der Waals surface area contributed by atoms with Crippen LogP contribution in [0.25, 0.3) is 0 Å². The predicted octanol–water partition coefficient (Wildman–Crippen LogP) is 4.78. The number of alkyl halides is 6. The van der Waals surface area contributed by atoms with Crippen LogP contribution in [0.15, 0.2) is 30.3 Å². The highest BCUT2D eigenvalue weighted by atomic mass is 19.3. The van der Waals surface area contributed by atoms with Crippen LogP contribution in [0.2, 0.25) is 0 Å². The Morgan fingerprint density at radius 3 is 2.39 bits per heavy atom. The van der Waals surface area contributed by atoms with E-state index in [1.165, 1.54) is 0 Å². The van der Waals surface area contributed by atoms with Crippen LogP contribution in [0.1, 0.15) is 28.4 Å². The summed E-state index contributed by atoms with van der Waals surface area (Å²) in [4.78, 5) is 0. The van der Waals surface area contributed by atoms with Crippen molar-refractivity contribution in [1.82, 2.24) is 0 Å². The van der Waals surface area contributed by atoms with E-state index < -0.39 is 58.0 Å². The molecule has 1 N–H and O–H groups in total. The lowest BCUT2D eigenvalue weighted by atomic mass is 9.93. The quantitative estimate of drug-likeness (QED) is 0.735. The van der Waals surface area contributed by atoms with Crippen LogP contribution in [0.4, 0.5) is 30.7 Å². The fourth-order valence-corrected chi connectivity index (χ4v) is 3.68. The first kappa shape index (κ1) is 18.6. The average Bonchev–Trinajstić information content (AvgIpc) is 2.90. The van der Waals surface area contributed by atoms with Gasteiger partial charge >= 0.3 is 11.8 Å². The van der Waals surface area contributed by atoms with Crippen LogP contribution in [0.5, 0.6) is 11.5 Å². The first-order valence-electron chi connectivity index (χ1n) is 7.79. The molecule has 2 aliphatic carbocycles. The summed E-state index contributed by atoms with van der Waals surface area (Å²) in [6.07, 6.45) is -6.27. The third-order valence-corrected chi connectivity index (χ3v) is 4.96. The van der Waals surface area contributed by atoms with Crippen LogP contribution < -0.4 is 4.74 Å². The van der Waals surface area contributed by atoms with Gasteiger partial charge in [-0.25, -0.2) is 13.2 Å². The van der Waals surface area contributed by atoms with Crippen molar-refractivity contribution < 1.29 is 40.6 Å². The number of nitriles is 1. The first-order chi connectivity index (χ1) is 13.0. The van der Waals surface area contributed by atoms with Crippen molar-refractivity contribution in [2.45, 2.75) is 29.8 Å². The number of rotatable bonds is 2. The van der Waals surface area contributed by atoms with Gasteiger partial charge in [0.15, 0.2) is 17.9 Å². The van der Waals surface area contributed by atoms with Gasteiger partial charge in [-0.3, -0.25) is 0 Å². The van der Waals surface area contributed by atoms with E-state index in [1.807, 2.05) is 0 Å². The maximum atomic E-state index is 14.5. The zero-order valence-electron chi connectivity index (χ0n) is 13.5. The molecule has 0 amide bonds. The van der Waals surface area contributed by atoms with Gasteiger partial charge in [-0.15, -0.1) is 0 Å². The topological polar surface area (TPSA) is 53.2 Å². The SMILES string of the molecule is N#Cc1cc(F)cc(Oc2ccc3c4c2C(F)[C@@H](F)[C@]4(O)C(F)(F)C3(F)F)c1. The van der Waals surface area contributed by atoms with E-state index in [1.54, 1.807) is 6.07 Å². The number of halogens is 7. The van der Waals surface area contributed by atoms with E-state index >= 15 is 0 Å². The van der Waals surface area contributed by atoms with Gasteiger partial charge in [-0.05, 0) is 24.3 Å². The lowest BCUT2D eigenvalue weighted by molar-refractivity contribution is -0.302. The molecule has 3 atom stereocenters. The third kappa shape index (κ3) is 1.97. The molecule has 2 aromatic carbocycles. The van der Waals surface area contributed by atoms with E-state index in [2.05, 4.69) is 0 Å². The molecule has 4 rings (SSSR count). The fourth-order valence-electron chi connectivity index (χ4n) is 3.68. The minimum absolute atomic E-state index is 0.192. The second-order valence-electron chi connectivity index (χ2n) is 6.51. The fraction of sp³-hybridized carbons (Fsp3) is 0.278. The molecule has 10 heteroatoms. The summed E-state index contributed by atoms with van der Waals surface area (Å²) in [5, 5.41) is 19.0. The molecule has 146 valence electrons. The number of nitrogens with zero attached hydrogens (tertiary/aromatic N) is 1. The van der Waals surface area contributed by atoms with E-state index in [0.717, 1.165) is 18.2 Å². The van der Waals surface area contributed by atoms with Crippen molar-refractivity contribution >= 4 is 0 Å². The Balaban J connectivity index is 1.92. The molecule has 3 nitrogen and oxygen atoms in total. The van der Waals surface area contributed by atoms with Crippen LogP contribution in [0, 0.1) is 17.1 Å². The van der Waals surface area contributed by atoms with Gasteiger partial charge in [-0.2, -0.15) is 22.8 Å². The van der Waals surface area contributed by atoms with Crippen molar-refractivity contribution in [2.75, 3.05) is 0 Å². The van der Waals surface area contributed by atoms with E-state index in [9.17, 15) is 35.8 Å². The van der Waals surface area contributed by atoms with Crippen molar-refractivity contribution in [3.63, 3.8) is 0 Å². The highest BCUT2D eigenvalue weighted by molar-refractivity contribution is 5.62. The number of aliphatic hydroxyl groups is 1. The summed E-state index contributed by atoms with van der Waals surface area (Å²) in [6.45, 7) is 0. The van der Waals surface area contributed by atoms with Crippen LogP contribution in [0.3, 0.4) is 0 Å². The Morgan fingerprint density at radius 1 is 1.07 bits per heavy atom. The second kappa shape index (κ2) is 5.38. The Morgan fingerprint density at radius 2 is 1.75 bits per heavy atom. The van der Waals surface area contributed by atoms with Gasteiger partial charge in [0.05, 0.1) is 11.6 Å². The molecule has 0 aliphatic heterocycles. The monoisotopic (exact) mass is 403 g/mol. The van der Waals surface area contributed by atoms with Crippen LogP contribution >= 0.6 is 0 Å². The number of ether oxygens (including phenoxy) is 1.